The molecule has 0 unspecified atom stereocenters. The standard InChI is InChI=1S/C10H10O5.Ca.2H/c11-5-6-15-10(14)8-3-1-7(2-4-8)9(12)13;;;/h1-4,11H,5-6H2,(H,12,13);;;/q;+2;2*-1. The number of hydrogen-bond donors (Lipinski definition) is 2. The monoisotopic (exact) mass is 252 g/mol. The van der Waals surface area contributed by atoms with Crippen molar-refractivity contribution in [3.8, 4) is 0 Å². The number of carbonyl (C=O) groups excluding carboxylic acids is 1. The minimum atomic E-state index is -1.05. The Morgan fingerprint density at radius 3 is 2.12 bits per heavy atom. The fourth-order valence-corrected chi connectivity index (χ4v) is 0.971. The maximum absolute atomic E-state index is 11.2. The zero-order chi connectivity index (χ0) is 11.3. The van der Waals surface area contributed by atoms with Crippen LogP contribution >= 0.6 is 0 Å². The van der Waals surface area contributed by atoms with Crippen molar-refractivity contribution in [2.75, 3.05) is 13.2 Å². The molecule has 16 heavy (non-hydrogen) atoms. The molecule has 0 saturated carbocycles. The van der Waals surface area contributed by atoms with Gasteiger partial charge >= 0.3 is 49.7 Å². The van der Waals surface area contributed by atoms with Crippen molar-refractivity contribution >= 4 is 49.7 Å². The minimum absolute atomic E-state index is 0. The van der Waals surface area contributed by atoms with Gasteiger partial charge in [0.1, 0.15) is 6.61 Å². The molecule has 0 aliphatic carbocycles. The Morgan fingerprint density at radius 2 is 1.69 bits per heavy atom. The first-order valence-electron chi connectivity index (χ1n) is 4.26. The van der Waals surface area contributed by atoms with Crippen LogP contribution in [-0.2, 0) is 4.74 Å². The Bertz CT molecular complexity index is 369. The second-order valence-corrected chi connectivity index (χ2v) is 2.74. The number of esters is 1. The zero-order valence-electron chi connectivity index (χ0n) is 10.5. The number of aromatic carboxylic acids is 1. The summed E-state index contributed by atoms with van der Waals surface area (Å²) >= 11 is 0. The van der Waals surface area contributed by atoms with Crippen LogP contribution in [0.2, 0.25) is 0 Å². The number of benzene rings is 1. The fourth-order valence-electron chi connectivity index (χ4n) is 0.971. The predicted octanol–water partition coefficient (Wildman–Crippen LogP) is 0.378. The SMILES string of the molecule is O=C(O)c1ccc(C(=O)OCCO)cc1.[Ca+2].[H-].[H-]. The van der Waals surface area contributed by atoms with E-state index in [1.54, 1.807) is 0 Å². The third-order valence-electron chi connectivity index (χ3n) is 1.69. The molecule has 0 amide bonds. The van der Waals surface area contributed by atoms with Gasteiger partial charge in [0.05, 0.1) is 17.7 Å². The van der Waals surface area contributed by atoms with Gasteiger partial charge in [-0.05, 0) is 24.3 Å². The van der Waals surface area contributed by atoms with E-state index >= 15 is 0 Å². The molecular formula is C10H12CaO5. The van der Waals surface area contributed by atoms with Gasteiger partial charge in [-0.25, -0.2) is 9.59 Å². The number of carboxylic acid groups (broad SMARTS) is 1. The van der Waals surface area contributed by atoms with Crippen molar-refractivity contribution < 1.29 is 27.4 Å². The van der Waals surface area contributed by atoms with Crippen LogP contribution in [0.4, 0.5) is 0 Å². The van der Waals surface area contributed by atoms with Gasteiger partial charge in [0, 0.05) is 0 Å². The molecule has 6 heteroatoms. The predicted molar refractivity (Wildman–Crippen MR) is 58.7 cm³/mol. The molecule has 1 aromatic carbocycles. The number of carbonyl (C=O) groups is 2. The van der Waals surface area contributed by atoms with E-state index in [1.807, 2.05) is 0 Å². The first kappa shape index (κ1) is 15.4. The summed E-state index contributed by atoms with van der Waals surface area (Å²) in [5, 5.41) is 17.0. The van der Waals surface area contributed by atoms with Crippen LogP contribution in [0.1, 0.15) is 23.6 Å². The van der Waals surface area contributed by atoms with E-state index in [2.05, 4.69) is 4.74 Å². The molecule has 0 saturated heterocycles. The second-order valence-electron chi connectivity index (χ2n) is 2.74. The van der Waals surface area contributed by atoms with Gasteiger partial charge in [-0.3, -0.25) is 0 Å². The molecule has 5 nitrogen and oxygen atoms in total. The van der Waals surface area contributed by atoms with E-state index in [-0.39, 0.29) is 64.9 Å². The van der Waals surface area contributed by atoms with E-state index in [0.717, 1.165) is 0 Å². The Labute approximate surface area is 125 Å². The number of carboxylic acids is 1. The van der Waals surface area contributed by atoms with Gasteiger partial charge in [0.2, 0.25) is 0 Å². The third-order valence-corrected chi connectivity index (χ3v) is 1.69. The molecule has 0 fully saturated rings. The van der Waals surface area contributed by atoms with E-state index in [0.29, 0.717) is 0 Å². The van der Waals surface area contributed by atoms with E-state index in [1.165, 1.54) is 24.3 Å². The van der Waals surface area contributed by atoms with Crippen LogP contribution < -0.4 is 0 Å². The van der Waals surface area contributed by atoms with Gasteiger partial charge in [-0.15, -0.1) is 0 Å². The van der Waals surface area contributed by atoms with Crippen molar-refractivity contribution in [1.29, 1.82) is 0 Å². The fraction of sp³-hybridized carbons (Fsp3) is 0.200. The van der Waals surface area contributed by atoms with Crippen molar-refractivity contribution in [3.63, 3.8) is 0 Å². The number of rotatable bonds is 4. The molecule has 1 aromatic rings. The molecule has 0 atom stereocenters. The molecular weight excluding hydrogens is 240 g/mol. The molecule has 0 aliphatic heterocycles. The Kier molecular flexibility index (Phi) is 7.32. The summed E-state index contributed by atoms with van der Waals surface area (Å²) in [5.41, 5.74) is 0.363. The molecule has 0 aliphatic rings. The first-order valence-corrected chi connectivity index (χ1v) is 4.26. The van der Waals surface area contributed by atoms with Crippen LogP contribution in [0.3, 0.4) is 0 Å². The molecule has 0 spiro atoms. The number of aliphatic hydroxyl groups is 1. The number of aliphatic hydroxyl groups excluding tert-OH is 1. The average molecular weight is 252 g/mol. The molecule has 0 heterocycles. The quantitative estimate of drug-likeness (QED) is 0.598. The van der Waals surface area contributed by atoms with Gasteiger partial charge in [-0.2, -0.15) is 0 Å². The van der Waals surface area contributed by atoms with Crippen LogP contribution in [0.15, 0.2) is 24.3 Å². The summed E-state index contributed by atoms with van der Waals surface area (Å²) < 4.78 is 4.64. The molecule has 1 rings (SSSR count). The normalized spacial score (nSPS) is 9.06. The van der Waals surface area contributed by atoms with Crippen LogP contribution in [-0.4, -0.2) is 73.1 Å². The smallest absolute Gasteiger partial charge is 1.00 e. The molecule has 0 aromatic heterocycles. The van der Waals surface area contributed by atoms with Crippen molar-refractivity contribution in [2.45, 2.75) is 0 Å². The van der Waals surface area contributed by atoms with Crippen molar-refractivity contribution in [3.05, 3.63) is 35.4 Å². The van der Waals surface area contributed by atoms with Gasteiger partial charge in [0.15, 0.2) is 0 Å². The summed E-state index contributed by atoms with van der Waals surface area (Å²) in [4.78, 5) is 21.7. The summed E-state index contributed by atoms with van der Waals surface area (Å²) in [7, 11) is 0. The maximum atomic E-state index is 11.2. The third kappa shape index (κ3) is 4.49. The molecule has 0 bridgehead atoms. The Balaban J connectivity index is -0.000000750. The Hall–Kier alpha value is -0.620. The van der Waals surface area contributed by atoms with Crippen LogP contribution in [0.5, 0.6) is 0 Å². The Morgan fingerprint density at radius 1 is 1.19 bits per heavy atom. The van der Waals surface area contributed by atoms with Gasteiger partial charge in [-0.1, -0.05) is 0 Å². The van der Waals surface area contributed by atoms with Gasteiger partial charge < -0.3 is 17.8 Å². The topological polar surface area (TPSA) is 83.8 Å². The summed E-state index contributed by atoms with van der Waals surface area (Å²) in [6, 6.07) is 5.36. The maximum Gasteiger partial charge on any atom is 2.00 e. The number of ether oxygens (including phenoxy) is 1. The second kappa shape index (κ2) is 7.62. The van der Waals surface area contributed by atoms with E-state index in [4.69, 9.17) is 10.2 Å². The average Bonchev–Trinajstić information content (AvgIpc) is 2.26. The minimum Gasteiger partial charge on any atom is -1.00 e. The number of hydrogen-bond acceptors (Lipinski definition) is 4. The summed E-state index contributed by atoms with van der Waals surface area (Å²) in [6.45, 7) is -0.307. The summed E-state index contributed by atoms with van der Waals surface area (Å²) in [5.74, 6) is -1.63. The molecule has 0 radical (unpaired) electrons. The van der Waals surface area contributed by atoms with E-state index in [9.17, 15) is 9.59 Å². The van der Waals surface area contributed by atoms with Crippen LogP contribution in [0, 0.1) is 0 Å². The molecule has 84 valence electrons. The van der Waals surface area contributed by atoms with Crippen molar-refractivity contribution in [1.82, 2.24) is 0 Å². The molecule has 2 N–H and O–H groups in total. The largest absolute Gasteiger partial charge is 2.00 e. The first-order chi connectivity index (χ1) is 7.15. The van der Waals surface area contributed by atoms with Gasteiger partial charge in [0.25, 0.3) is 0 Å². The zero-order valence-corrected chi connectivity index (χ0v) is 10.8. The van der Waals surface area contributed by atoms with Crippen LogP contribution in [0.25, 0.3) is 0 Å². The summed E-state index contributed by atoms with van der Waals surface area (Å²) in [6.07, 6.45) is 0. The van der Waals surface area contributed by atoms with Crippen molar-refractivity contribution in [2.24, 2.45) is 0 Å². The van der Waals surface area contributed by atoms with E-state index < -0.39 is 11.9 Å².